The SMILES string of the molecule is [3H][3H].[3H][3H].[3H][3H].[3H][3H].[3H][3H].[3H][3H].[3H][3H].[3H][3H].[3H][3H].[3H][3H].[3H][3H].[3H][3H].[3H][3H].[3H][3H].[3H][3H].[3H][3H].[3H][3H].[3H][3H].[3H][3H].[3H][3H].[3H][3H].[3H][3H].[3H][3H].[3H][3H].[3H][3H].[3H][3H].[3H][3H].[3H][3H].[3H][3H].[3H][3H].[3H][3H].[3H][3H].[3H][3H].[3H][3H].[3H][3H].[3H][3H].[3H][3H].[3H][3H].[3H][3H].[3H][3H].[3H][3H].[3H][3H].[3H][3H].[3H][3H].[3H][3H].[3H][3H].[3H][3H].[3H][3H].[3H][3H].[3H][3H].[3H][3H].[3H][3H].[C-]#[N+]C1=C(O)[C@H](C)[C@H]2CCc3c(-c4ccc(C)o4)nc(-c4ccnc5ccccc45)nc3[C@]2(C)C1.[C-]#[N+]C1=C[C@@]2(C)c3nc(-c4ccnc5ccccc45)nc(-c4ccc(C)o4)c3CC[C@@H]2[C@@H](C)C1=O. The predicted octanol–water partition coefficient (Wildman–Crippen LogP) is 25.7. The van der Waals surface area contributed by atoms with Gasteiger partial charge in [0.05, 0.1) is 41.3 Å². The summed E-state index contributed by atoms with van der Waals surface area (Å²) in [5, 5.41) is 12.7. The number of carbonyl (C=O) groups excluding carboxylic acids is 1. The van der Waals surface area contributed by atoms with Crippen molar-refractivity contribution < 1.29 is 173 Å². The van der Waals surface area contributed by atoms with Crippen LogP contribution < -0.4 is 0 Å². The van der Waals surface area contributed by atoms with Crippen LogP contribution in [0, 0.1) is 50.7 Å². The molecule has 0 aliphatic heterocycles. The maximum Gasteiger partial charge on any atom is 0.226 e. The van der Waals surface area contributed by atoms with Crippen molar-refractivity contribution in [2.45, 2.75) is 84.5 Å². The number of carbonyl (C=O) groups is 1. The number of nitrogens with zero attached hydrogens (tertiary/aromatic N) is 8. The minimum Gasteiger partial charge on any atom is -0.523 e. The maximum atomic E-state index is 12.9. The van der Waals surface area contributed by atoms with Gasteiger partial charge in [0.15, 0.2) is 29.0 Å². The number of hydrogen-bond donors (Lipinski definition) is 1. The van der Waals surface area contributed by atoms with Crippen LogP contribution in [-0.2, 0) is 28.5 Å². The molecule has 0 fully saturated rings. The first kappa shape index (κ1) is 15.0. The van der Waals surface area contributed by atoms with Crippen molar-refractivity contribution in [3.05, 3.63) is 177 Å². The zero-order chi connectivity index (χ0) is 153. The number of fused-ring (bicyclic) bond motifs is 8. The van der Waals surface area contributed by atoms with Crippen molar-refractivity contribution in [2.75, 3.05) is 0 Å². The van der Waals surface area contributed by atoms with E-state index in [0.29, 0.717) is 29.5 Å². The number of pyridine rings is 2. The van der Waals surface area contributed by atoms with Crippen LogP contribution in [0.4, 0.5) is 0 Å². The third-order valence-corrected chi connectivity index (χ3v) is 15.6. The molecule has 4 aliphatic carbocycles. The van der Waals surface area contributed by atoms with Crippen LogP contribution in [-0.4, -0.2) is 40.8 Å². The Labute approximate surface area is 566 Å². The van der Waals surface area contributed by atoms with Crippen LogP contribution in [0.25, 0.3) is 77.2 Å². The fourth-order valence-electron chi connectivity index (χ4n) is 12.1. The van der Waals surface area contributed by atoms with E-state index >= 15 is 0 Å². The highest BCUT2D eigenvalue weighted by Crippen LogP contribution is 2.55. The highest BCUT2D eigenvalue weighted by molar-refractivity contribution is 6.00. The zero-order valence-corrected chi connectivity index (χ0v) is 39.9. The Morgan fingerprint density at radius 2 is 1.21 bits per heavy atom. The lowest BCUT2D eigenvalue weighted by Crippen LogP contribution is -2.46. The number of aromatic nitrogens is 6. The molecule has 12 rings (SSSR count). The molecule has 8 aromatic rings. The van der Waals surface area contributed by atoms with Crippen molar-refractivity contribution in [3.8, 4) is 45.7 Å². The molecule has 70 heavy (non-hydrogen) atoms. The number of aliphatic hydroxyl groups excluding tert-OH is 1. The number of allylic oxidation sites excluding steroid dienone is 4. The van der Waals surface area contributed by atoms with Gasteiger partial charge < -0.3 is 18.7 Å². The van der Waals surface area contributed by atoms with E-state index in [1.165, 1.54) is 0 Å². The molecule has 6 aromatic heterocycles. The minimum atomic E-state index is -0.558. The average Bonchev–Trinajstić information content (AvgIpc) is 0.987. The van der Waals surface area contributed by atoms with E-state index in [2.05, 4.69) is 33.5 Å². The summed E-state index contributed by atoms with van der Waals surface area (Å²) in [6, 6.07) is 27.7. The summed E-state index contributed by atoms with van der Waals surface area (Å²) < 4.78 is 532. The molecule has 0 bridgehead atoms. The molecule has 12 heteroatoms. The molecular weight excluding hydrogens is 873 g/mol. The largest absolute Gasteiger partial charge is 0.523 e. The van der Waals surface area contributed by atoms with E-state index < -0.39 is 10.8 Å². The molecule has 2 aromatic carbocycles. The summed E-state index contributed by atoms with van der Waals surface area (Å²) >= 11 is 0. The molecule has 1 N–H and O–H groups in total. The number of aryl methyl sites for hydroxylation is 2. The van der Waals surface area contributed by atoms with Crippen molar-refractivity contribution in [1.29, 1.82) is 0 Å². The van der Waals surface area contributed by atoms with Gasteiger partial charge in [0.25, 0.3) is 0 Å². The summed E-state index contributed by atoms with van der Waals surface area (Å²) in [6.45, 7) is 27.5. The van der Waals surface area contributed by atoms with Gasteiger partial charge in [-0.15, -0.1) is 0 Å². The van der Waals surface area contributed by atoms with Crippen LogP contribution in [0.1, 0.15) is 235 Å². The smallest absolute Gasteiger partial charge is 0.226 e. The third-order valence-electron chi connectivity index (χ3n) is 15.6. The first-order valence-electron chi connectivity index (χ1n) is 75.9. The van der Waals surface area contributed by atoms with E-state index in [1.807, 2.05) is 119 Å². The number of ketones is 1. The fourth-order valence-corrected chi connectivity index (χ4v) is 12.1. The minimum absolute atomic E-state index is 0.0659. The van der Waals surface area contributed by atoms with Crippen LogP contribution in [0.5, 0.6) is 0 Å². The highest BCUT2D eigenvalue weighted by atomic mass is 16.3. The Morgan fingerprint density at radius 1 is 0.686 bits per heavy atom. The first-order valence-corrected chi connectivity index (χ1v) is 23.9. The summed E-state index contributed by atoms with van der Waals surface area (Å²) in [6.07, 6.45) is 9.16. The lowest BCUT2D eigenvalue weighted by atomic mass is 9.57. The molecule has 6 atom stereocenters. The number of hydrogen-bond acceptors (Lipinski definition) is 10. The quantitative estimate of drug-likeness (QED) is 0.169. The van der Waals surface area contributed by atoms with Crippen LogP contribution in [0.2, 0.25) is 0 Å². The number of rotatable bonds is 4. The third kappa shape index (κ3) is 7.04. The van der Waals surface area contributed by atoms with Gasteiger partial charge >= 0.3 is 0 Å². The molecule has 4 aliphatic rings. The average molecular weight is 1240 g/mol. The lowest BCUT2D eigenvalue weighted by Gasteiger charge is -2.48. The Hall–Kier alpha value is -8.09. The summed E-state index contributed by atoms with van der Waals surface area (Å²) in [5.41, 5.74) is 8.81. The molecule has 450 valence electrons. The Kier molecular flexibility index (Phi) is 3.60. The molecule has 0 spiro atoms. The second-order valence-electron chi connectivity index (χ2n) is 19.7. The molecule has 0 saturated carbocycles. The van der Waals surface area contributed by atoms with Crippen LogP contribution in [0.15, 0.2) is 129 Å². The van der Waals surface area contributed by atoms with Gasteiger partial charge in [0, 0.05) is 223 Å². The van der Waals surface area contributed by atoms with Crippen LogP contribution in [0.3, 0.4) is 0 Å². The molecule has 0 saturated heterocycles. The molecule has 0 unspecified atom stereocenters. The number of benzene rings is 2. The number of Topliss-reactive ketones (excluding diaryl/α,β-unsaturated/α-hetero) is 1. The van der Waals surface area contributed by atoms with Gasteiger partial charge in [0.2, 0.25) is 11.4 Å². The number of aliphatic hydroxyl groups is 1. The zero-order valence-electron chi connectivity index (χ0n) is 144. The molecular formula is C58H154N8O4. The first-order chi connectivity index (χ1) is 85.8. The van der Waals surface area contributed by atoms with E-state index in [1.54, 1.807) is 12.4 Å². The Bertz CT molecular complexity index is 3790. The van der Waals surface area contributed by atoms with Crippen molar-refractivity contribution in [2.24, 2.45) is 23.7 Å². The molecule has 0 radical (unpaired) electrons. The Morgan fingerprint density at radius 3 is 1.74 bits per heavy atom. The second kappa shape index (κ2) is 16.8. The van der Waals surface area contributed by atoms with Gasteiger partial charge in [-0.2, -0.15) is 0 Å². The van der Waals surface area contributed by atoms with Gasteiger partial charge in [0.1, 0.15) is 22.9 Å². The summed E-state index contributed by atoms with van der Waals surface area (Å²) in [5.74, 6) is 4.39. The second-order valence-corrected chi connectivity index (χ2v) is 19.7. The van der Waals surface area contributed by atoms with Crippen molar-refractivity contribution in [1.82, 2.24) is 29.9 Å². The van der Waals surface area contributed by atoms with Gasteiger partial charge in [-0.1, -0.05) is 70.2 Å². The number of furan rings is 2. The van der Waals surface area contributed by atoms with Crippen LogP contribution >= 0.6 is 0 Å². The lowest BCUT2D eigenvalue weighted by molar-refractivity contribution is -0.121. The van der Waals surface area contributed by atoms with Gasteiger partial charge in [-0.25, -0.2) is 29.6 Å². The monoisotopic (exact) mass is 1240 g/mol. The van der Waals surface area contributed by atoms with Gasteiger partial charge in [-0.3, -0.25) is 9.97 Å². The maximum absolute atomic E-state index is 12.9. The molecule has 12 nitrogen and oxygen atoms in total. The van der Waals surface area contributed by atoms with Crippen molar-refractivity contribution in [3.63, 3.8) is 0 Å². The summed E-state index contributed by atoms with van der Waals surface area (Å²) in [7, 11) is 0. The van der Waals surface area contributed by atoms with Gasteiger partial charge in [-0.05, 0) is 106 Å². The topological polar surface area (TPSA) is 150 Å². The van der Waals surface area contributed by atoms with E-state index in [4.69, 9.17) is 196 Å². The van der Waals surface area contributed by atoms with E-state index in [9.17, 15) is 9.90 Å². The standard InChI is InChI=1S/C29H26N4O2.C29H24N4O2.52H2/c2*1-16-9-12-24(35-16)25-20-10-11-21-17(2)26(34)23(30-4)15-29(21,3)27(20)33-28(32-25)19-13-14-31-22-8-6-5-7-18(19)22;;;;;;;;;;;;;;;;;;;;;;;;;;;;;;;;;;;;;;;;;;;;;;;;;;;;/h5-9,12-14,17,21,34H,10-11,15H2,1-3H3;5-9,12-15,17,21H,10-11H2,1-3H3;52*1H/t2*17-,21-,29-;;;;;;;;;;;;;;;;;;;;;;;;;;;;;;;;;;;;;;;;;;;;;;;;;;;;/m11..................................................../s1/i;;52*1+2T. The van der Waals surface area contributed by atoms with Crippen molar-refractivity contribution >= 4 is 27.6 Å². The number of para-hydroxylation sites is 2. The van der Waals surface area contributed by atoms with E-state index in [-0.39, 0.29) is 40.9 Å². The normalized spacial score (nSPS) is 29.4. The Balaban J connectivity index is -0.0000000290. The predicted molar refractivity (Wildman–Crippen MR) is 378 cm³/mol. The highest BCUT2D eigenvalue weighted by Gasteiger charge is 2.51. The fraction of sp³-hybridized carbons (Fsp3) is 0.293. The van der Waals surface area contributed by atoms with E-state index in [0.717, 1.165) is 110 Å². The molecule has 6 heterocycles. The summed E-state index contributed by atoms with van der Waals surface area (Å²) in [4.78, 5) is 49.7. The molecule has 0 amide bonds.